The lowest BCUT2D eigenvalue weighted by molar-refractivity contribution is -0.133. The molecule has 3 aliphatic rings. The number of halogens is 1. The summed E-state index contributed by atoms with van der Waals surface area (Å²) in [7, 11) is 0. The average Bonchev–Trinajstić information content (AvgIpc) is 3.74. The van der Waals surface area contributed by atoms with Gasteiger partial charge in [0.1, 0.15) is 0 Å². The highest BCUT2D eigenvalue weighted by Crippen LogP contribution is 2.34. The number of hydrogen-bond acceptors (Lipinski definition) is 5. The molecule has 0 bridgehead atoms. The molecule has 5 rings (SSSR count). The van der Waals surface area contributed by atoms with Crippen molar-refractivity contribution in [2.45, 2.75) is 51.6 Å². The molecule has 0 radical (unpaired) electrons. The Morgan fingerprint density at radius 3 is 2.79 bits per heavy atom. The summed E-state index contributed by atoms with van der Waals surface area (Å²) in [6, 6.07) is 7.99. The Balaban J connectivity index is 1.20. The van der Waals surface area contributed by atoms with Crippen molar-refractivity contribution < 1.29 is 4.79 Å². The quantitative estimate of drug-likeness (QED) is 0.502. The standard InChI is InChI=1S/C27H38ClN5O/c1-2-12-32-16-15-31(13-3-14-33(18-20-4-5-20)27(34)21-6-7-21)19-26(32)30-24-10-11-29-25-17-22(28)8-9-23(24)25/h8-11,17,20-21,26H,2-7,12-16,18-19H2,1H3,(H,29,30). The molecule has 1 amide bonds. The fraction of sp³-hybridized carbons (Fsp3) is 0.630. The van der Waals surface area contributed by atoms with Crippen LogP contribution in [0.3, 0.4) is 0 Å². The number of anilines is 1. The van der Waals surface area contributed by atoms with E-state index in [1.54, 1.807) is 0 Å². The Bertz CT molecular complexity index is 992. The molecule has 1 aliphatic heterocycles. The molecule has 184 valence electrons. The van der Waals surface area contributed by atoms with E-state index in [0.29, 0.717) is 16.8 Å². The summed E-state index contributed by atoms with van der Waals surface area (Å²) < 4.78 is 0. The third kappa shape index (κ3) is 6.02. The maximum atomic E-state index is 12.7. The van der Waals surface area contributed by atoms with E-state index in [2.05, 4.69) is 44.1 Å². The Hall–Kier alpha value is -1.89. The molecule has 2 aromatic rings. The van der Waals surface area contributed by atoms with Crippen LogP contribution in [0.25, 0.3) is 10.9 Å². The van der Waals surface area contributed by atoms with Gasteiger partial charge >= 0.3 is 0 Å². The second-order valence-electron chi connectivity index (χ2n) is 10.4. The number of amides is 1. The highest BCUT2D eigenvalue weighted by Gasteiger charge is 2.36. The van der Waals surface area contributed by atoms with Crippen molar-refractivity contribution in [1.29, 1.82) is 0 Å². The van der Waals surface area contributed by atoms with Crippen LogP contribution < -0.4 is 5.32 Å². The van der Waals surface area contributed by atoms with Crippen molar-refractivity contribution in [3.63, 3.8) is 0 Å². The van der Waals surface area contributed by atoms with E-state index >= 15 is 0 Å². The van der Waals surface area contributed by atoms with E-state index < -0.39 is 0 Å². The lowest BCUT2D eigenvalue weighted by atomic mass is 10.1. The van der Waals surface area contributed by atoms with Crippen LogP contribution >= 0.6 is 11.6 Å². The molecule has 1 aromatic carbocycles. The molecule has 1 atom stereocenters. The molecule has 0 spiro atoms. The van der Waals surface area contributed by atoms with Gasteiger partial charge in [-0.05, 0) is 75.3 Å². The minimum atomic E-state index is 0.255. The van der Waals surface area contributed by atoms with Gasteiger partial charge in [0.25, 0.3) is 0 Å². The summed E-state index contributed by atoms with van der Waals surface area (Å²) in [5, 5.41) is 5.64. The number of rotatable bonds is 11. The second kappa shape index (κ2) is 10.8. The van der Waals surface area contributed by atoms with Crippen LogP contribution in [0.4, 0.5) is 5.69 Å². The van der Waals surface area contributed by atoms with Gasteiger partial charge in [0.15, 0.2) is 0 Å². The molecule has 1 unspecified atom stereocenters. The second-order valence-corrected chi connectivity index (χ2v) is 10.8. The predicted octanol–water partition coefficient (Wildman–Crippen LogP) is 4.69. The number of carbonyl (C=O) groups is 1. The molecule has 1 N–H and O–H groups in total. The van der Waals surface area contributed by atoms with E-state index in [4.69, 9.17) is 11.6 Å². The minimum Gasteiger partial charge on any atom is -0.368 e. The molecule has 1 saturated heterocycles. The predicted molar refractivity (Wildman–Crippen MR) is 139 cm³/mol. The SMILES string of the molecule is CCCN1CCN(CCCN(CC2CC2)C(=O)C2CC2)CC1Nc1ccnc2cc(Cl)ccc12. The van der Waals surface area contributed by atoms with Crippen LogP contribution in [0.5, 0.6) is 0 Å². The molecule has 7 heteroatoms. The van der Waals surface area contributed by atoms with Gasteiger partial charge in [-0.25, -0.2) is 0 Å². The molecular formula is C27H38ClN5O. The molecular weight excluding hydrogens is 446 g/mol. The number of piperazine rings is 1. The fourth-order valence-electron chi connectivity index (χ4n) is 5.18. The van der Waals surface area contributed by atoms with Gasteiger partial charge in [0.2, 0.25) is 5.91 Å². The van der Waals surface area contributed by atoms with Crippen LogP contribution in [0, 0.1) is 11.8 Å². The average molecular weight is 484 g/mol. The fourth-order valence-corrected chi connectivity index (χ4v) is 5.34. The maximum Gasteiger partial charge on any atom is 0.225 e. The molecule has 6 nitrogen and oxygen atoms in total. The highest BCUT2D eigenvalue weighted by atomic mass is 35.5. The summed E-state index contributed by atoms with van der Waals surface area (Å²) in [5.74, 6) is 1.51. The third-order valence-electron chi connectivity index (χ3n) is 7.43. The van der Waals surface area contributed by atoms with Crippen molar-refractivity contribution in [3.8, 4) is 0 Å². The van der Waals surface area contributed by atoms with Gasteiger partial charge in [-0.2, -0.15) is 0 Å². The van der Waals surface area contributed by atoms with Crippen molar-refractivity contribution in [3.05, 3.63) is 35.5 Å². The number of nitrogens with one attached hydrogen (secondary N) is 1. The lowest BCUT2D eigenvalue weighted by Crippen LogP contribution is -2.56. The first-order valence-electron chi connectivity index (χ1n) is 13.2. The smallest absolute Gasteiger partial charge is 0.225 e. The van der Waals surface area contributed by atoms with Crippen molar-refractivity contribution >= 4 is 34.1 Å². The van der Waals surface area contributed by atoms with Gasteiger partial charge in [-0.3, -0.25) is 19.6 Å². The summed E-state index contributed by atoms with van der Waals surface area (Å²) >= 11 is 6.19. The minimum absolute atomic E-state index is 0.255. The first-order chi connectivity index (χ1) is 16.6. The molecule has 2 aliphatic carbocycles. The van der Waals surface area contributed by atoms with E-state index in [9.17, 15) is 4.79 Å². The zero-order valence-electron chi connectivity index (χ0n) is 20.4. The first-order valence-corrected chi connectivity index (χ1v) is 13.5. The molecule has 34 heavy (non-hydrogen) atoms. The van der Waals surface area contributed by atoms with Gasteiger partial charge < -0.3 is 10.2 Å². The molecule has 3 fully saturated rings. The van der Waals surface area contributed by atoms with E-state index in [1.165, 1.54) is 12.8 Å². The highest BCUT2D eigenvalue weighted by molar-refractivity contribution is 6.31. The van der Waals surface area contributed by atoms with Crippen LogP contribution in [0.2, 0.25) is 5.02 Å². The molecule has 2 saturated carbocycles. The van der Waals surface area contributed by atoms with Gasteiger partial charge in [0.05, 0.1) is 11.7 Å². The normalized spacial score (nSPS) is 21.6. The number of benzene rings is 1. The number of fused-ring (bicyclic) bond motifs is 1. The van der Waals surface area contributed by atoms with Crippen molar-refractivity contribution in [2.75, 3.05) is 51.1 Å². The van der Waals surface area contributed by atoms with Crippen LogP contribution in [-0.4, -0.2) is 77.6 Å². The zero-order chi connectivity index (χ0) is 23.5. The zero-order valence-corrected chi connectivity index (χ0v) is 21.1. The number of carbonyl (C=O) groups excluding carboxylic acids is 1. The summed E-state index contributed by atoms with van der Waals surface area (Å²) in [4.78, 5) is 24.6. The van der Waals surface area contributed by atoms with Gasteiger partial charge in [0, 0.05) is 67.5 Å². The summed E-state index contributed by atoms with van der Waals surface area (Å²) in [6.45, 7) is 9.42. The van der Waals surface area contributed by atoms with Crippen LogP contribution in [0.1, 0.15) is 45.4 Å². The van der Waals surface area contributed by atoms with Crippen LogP contribution in [-0.2, 0) is 4.79 Å². The number of hydrogen-bond donors (Lipinski definition) is 1. The summed E-state index contributed by atoms with van der Waals surface area (Å²) in [5.41, 5.74) is 2.03. The van der Waals surface area contributed by atoms with E-state index in [-0.39, 0.29) is 6.17 Å². The Morgan fingerprint density at radius 1 is 1.18 bits per heavy atom. The monoisotopic (exact) mass is 483 g/mol. The van der Waals surface area contributed by atoms with Crippen molar-refractivity contribution in [2.24, 2.45) is 11.8 Å². The lowest BCUT2D eigenvalue weighted by Gasteiger charge is -2.42. The first kappa shape index (κ1) is 23.8. The molecule has 2 heterocycles. The molecule has 1 aromatic heterocycles. The summed E-state index contributed by atoms with van der Waals surface area (Å²) in [6.07, 6.45) is 9.12. The Morgan fingerprint density at radius 2 is 2.03 bits per heavy atom. The van der Waals surface area contributed by atoms with Crippen LogP contribution in [0.15, 0.2) is 30.5 Å². The maximum absolute atomic E-state index is 12.7. The number of pyridine rings is 1. The number of aromatic nitrogens is 1. The van der Waals surface area contributed by atoms with Gasteiger partial charge in [-0.1, -0.05) is 18.5 Å². The topological polar surface area (TPSA) is 51.7 Å². The van der Waals surface area contributed by atoms with Gasteiger partial charge in [-0.15, -0.1) is 0 Å². The largest absolute Gasteiger partial charge is 0.368 e. The van der Waals surface area contributed by atoms with Crippen molar-refractivity contribution in [1.82, 2.24) is 19.7 Å². The van der Waals surface area contributed by atoms with E-state index in [0.717, 1.165) is 94.0 Å². The number of nitrogens with zero attached hydrogens (tertiary/aromatic N) is 4. The van der Waals surface area contributed by atoms with E-state index in [1.807, 2.05) is 18.3 Å². The Kier molecular flexibility index (Phi) is 7.57. The third-order valence-corrected chi connectivity index (χ3v) is 7.66. The Labute approximate surface area is 208 Å².